The summed E-state index contributed by atoms with van der Waals surface area (Å²) in [6, 6.07) is 7.81. The van der Waals surface area contributed by atoms with Gasteiger partial charge in [0.05, 0.1) is 25.5 Å². The normalized spacial score (nSPS) is 11.1. The van der Waals surface area contributed by atoms with Crippen molar-refractivity contribution in [3.05, 3.63) is 36.7 Å². The molecule has 2 aromatic rings. The molecular formula is C14H19N3O. The van der Waals surface area contributed by atoms with Gasteiger partial charge in [0.2, 0.25) is 0 Å². The number of aromatic nitrogens is 2. The van der Waals surface area contributed by atoms with Crippen LogP contribution < -0.4 is 5.73 Å². The first-order valence-electron chi connectivity index (χ1n) is 6.16. The molecule has 0 saturated carbocycles. The minimum absolute atomic E-state index is 0.254. The highest BCUT2D eigenvalue weighted by Crippen LogP contribution is 2.24. The van der Waals surface area contributed by atoms with Crippen LogP contribution in [0.5, 0.6) is 0 Å². The van der Waals surface area contributed by atoms with Crippen LogP contribution in [0.25, 0.3) is 11.1 Å². The highest BCUT2D eigenvalue weighted by atomic mass is 16.5. The molecule has 0 aliphatic carbocycles. The first-order valence-corrected chi connectivity index (χ1v) is 6.16. The van der Waals surface area contributed by atoms with E-state index >= 15 is 0 Å². The second kappa shape index (κ2) is 5.69. The van der Waals surface area contributed by atoms with E-state index in [1.165, 1.54) is 0 Å². The van der Waals surface area contributed by atoms with Crippen LogP contribution in [0.1, 0.15) is 13.8 Å². The van der Waals surface area contributed by atoms with Gasteiger partial charge in [0.15, 0.2) is 0 Å². The summed E-state index contributed by atoms with van der Waals surface area (Å²) in [7, 11) is 0. The van der Waals surface area contributed by atoms with Gasteiger partial charge in [-0.2, -0.15) is 5.10 Å². The van der Waals surface area contributed by atoms with Crippen LogP contribution in [0.3, 0.4) is 0 Å². The Hall–Kier alpha value is -1.81. The lowest BCUT2D eigenvalue weighted by atomic mass is 10.1. The number of nitrogens with zero attached hydrogens (tertiary/aromatic N) is 2. The molecule has 1 aromatic carbocycles. The van der Waals surface area contributed by atoms with Gasteiger partial charge in [-0.05, 0) is 19.9 Å². The van der Waals surface area contributed by atoms with Gasteiger partial charge in [-0.25, -0.2) is 0 Å². The fourth-order valence-electron chi connectivity index (χ4n) is 1.77. The Balaban J connectivity index is 2.04. The molecule has 96 valence electrons. The van der Waals surface area contributed by atoms with Crippen LogP contribution in [0.2, 0.25) is 0 Å². The Kier molecular flexibility index (Phi) is 3.99. The number of benzene rings is 1. The molecule has 0 bridgehead atoms. The average molecular weight is 245 g/mol. The van der Waals surface area contributed by atoms with Gasteiger partial charge in [0.25, 0.3) is 0 Å². The lowest BCUT2D eigenvalue weighted by molar-refractivity contribution is 0.0710. The Morgan fingerprint density at radius 3 is 2.83 bits per heavy atom. The summed E-state index contributed by atoms with van der Waals surface area (Å²) in [4.78, 5) is 0. The van der Waals surface area contributed by atoms with Crippen molar-refractivity contribution in [1.82, 2.24) is 9.78 Å². The van der Waals surface area contributed by atoms with E-state index < -0.39 is 0 Å². The number of anilines is 1. The smallest absolute Gasteiger partial charge is 0.0666 e. The number of hydrogen-bond donors (Lipinski definition) is 1. The zero-order valence-electron chi connectivity index (χ0n) is 10.8. The molecule has 0 radical (unpaired) electrons. The second-order valence-electron chi connectivity index (χ2n) is 4.50. The maximum Gasteiger partial charge on any atom is 0.0666 e. The minimum Gasteiger partial charge on any atom is -0.398 e. The lowest BCUT2D eigenvalue weighted by Crippen LogP contribution is -2.10. The summed E-state index contributed by atoms with van der Waals surface area (Å²) in [5.41, 5.74) is 8.77. The van der Waals surface area contributed by atoms with Crippen LogP contribution in [-0.4, -0.2) is 22.5 Å². The Labute approximate surface area is 107 Å². The molecule has 0 spiro atoms. The van der Waals surface area contributed by atoms with Crippen molar-refractivity contribution < 1.29 is 4.74 Å². The number of rotatable bonds is 5. The van der Waals surface area contributed by atoms with Crippen molar-refractivity contribution in [2.75, 3.05) is 12.3 Å². The maximum atomic E-state index is 5.94. The predicted molar refractivity (Wildman–Crippen MR) is 73.2 cm³/mol. The third kappa shape index (κ3) is 3.11. The quantitative estimate of drug-likeness (QED) is 0.824. The van der Waals surface area contributed by atoms with Crippen LogP contribution in [-0.2, 0) is 11.3 Å². The third-order valence-electron chi connectivity index (χ3n) is 2.68. The zero-order chi connectivity index (χ0) is 13.0. The van der Waals surface area contributed by atoms with Gasteiger partial charge in [-0.15, -0.1) is 0 Å². The largest absolute Gasteiger partial charge is 0.398 e. The SMILES string of the molecule is CC(C)OCCn1cc(-c2ccccc2N)cn1. The van der Waals surface area contributed by atoms with Gasteiger partial charge >= 0.3 is 0 Å². The van der Waals surface area contributed by atoms with Crippen molar-refractivity contribution in [2.24, 2.45) is 0 Å². The van der Waals surface area contributed by atoms with E-state index in [4.69, 9.17) is 10.5 Å². The summed E-state index contributed by atoms with van der Waals surface area (Å²) in [6.07, 6.45) is 4.08. The summed E-state index contributed by atoms with van der Waals surface area (Å²) in [5, 5.41) is 4.31. The van der Waals surface area contributed by atoms with Crippen molar-refractivity contribution in [3.63, 3.8) is 0 Å². The van der Waals surface area contributed by atoms with E-state index in [-0.39, 0.29) is 6.10 Å². The topological polar surface area (TPSA) is 53.1 Å². The number of hydrogen-bond acceptors (Lipinski definition) is 3. The molecule has 0 aliphatic rings. The fraction of sp³-hybridized carbons (Fsp3) is 0.357. The van der Waals surface area contributed by atoms with Gasteiger partial charge in [-0.1, -0.05) is 18.2 Å². The third-order valence-corrected chi connectivity index (χ3v) is 2.68. The number of nitrogens with two attached hydrogens (primary N) is 1. The molecule has 0 atom stereocenters. The van der Waals surface area contributed by atoms with Crippen LogP contribution in [0, 0.1) is 0 Å². The maximum absolute atomic E-state index is 5.94. The molecule has 0 aliphatic heterocycles. The van der Waals surface area contributed by atoms with E-state index in [0.717, 1.165) is 23.4 Å². The van der Waals surface area contributed by atoms with Gasteiger partial charge < -0.3 is 10.5 Å². The summed E-state index contributed by atoms with van der Waals surface area (Å²) >= 11 is 0. The van der Waals surface area contributed by atoms with Gasteiger partial charge in [0, 0.05) is 23.0 Å². The molecule has 1 aromatic heterocycles. The van der Waals surface area contributed by atoms with Crippen LogP contribution in [0.4, 0.5) is 5.69 Å². The van der Waals surface area contributed by atoms with Crippen LogP contribution >= 0.6 is 0 Å². The fourth-order valence-corrected chi connectivity index (χ4v) is 1.77. The lowest BCUT2D eigenvalue weighted by Gasteiger charge is -2.07. The van der Waals surface area contributed by atoms with E-state index in [1.807, 2.05) is 55.2 Å². The highest BCUT2D eigenvalue weighted by molar-refractivity contribution is 5.75. The number of ether oxygens (including phenoxy) is 1. The molecule has 0 fully saturated rings. The summed E-state index contributed by atoms with van der Waals surface area (Å²) < 4.78 is 7.38. The molecule has 18 heavy (non-hydrogen) atoms. The second-order valence-corrected chi connectivity index (χ2v) is 4.50. The summed E-state index contributed by atoms with van der Waals surface area (Å²) in [6.45, 7) is 5.48. The first kappa shape index (κ1) is 12.6. The predicted octanol–water partition coefficient (Wildman–Crippen LogP) is 2.56. The molecule has 1 heterocycles. The van der Waals surface area contributed by atoms with E-state index in [0.29, 0.717) is 6.61 Å². The van der Waals surface area contributed by atoms with Crippen molar-refractivity contribution in [2.45, 2.75) is 26.5 Å². The van der Waals surface area contributed by atoms with Crippen molar-refractivity contribution in [3.8, 4) is 11.1 Å². The van der Waals surface area contributed by atoms with Crippen molar-refractivity contribution in [1.29, 1.82) is 0 Å². The average Bonchev–Trinajstić information content (AvgIpc) is 2.78. The monoisotopic (exact) mass is 245 g/mol. The molecule has 0 saturated heterocycles. The van der Waals surface area contributed by atoms with Gasteiger partial charge in [0.1, 0.15) is 0 Å². The zero-order valence-corrected chi connectivity index (χ0v) is 10.8. The molecule has 0 amide bonds. The highest BCUT2D eigenvalue weighted by Gasteiger charge is 2.04. The van der Waals surface area contributed by atoms with E-state index in [9.17, 15) is 0 Å². The van der Waals surface area contributed by atoms with E-state index in [1.54, 1.807) is 0 Å². The standard InChI is InChI=1S/C14H19N3O/c1-11(2)18-8-7-17-10-12(9-16-17)13-5-3-4-6-14(13)15/h3-6,9-11H,7-8,15H2,1-2H3. The Morgan fingerprint density at radius 2 is 2.11 bits per heavy atom. The first-order chi connectivity index (χ1) is 8.66. The number of nitrogen functional groups attached to an aromatic ring is 1. The minimum atomic E-state index is 0.254. The Morgan fingerprint density at radius 1 is 1.33 bits per heavy atom. The molecule has 4 heteroatoms. The Bertz CT molecular complexity index is 505. The molecule has 2 N–H and O–H groups in total. The summed E-state index contributed by atoms with van der Waals surface area (Å²) in [5.74, 6) is 0. The number of para-hydroxylation sites is 1. The molecule has 0 unspecified atom stereocenters. The van der Waals surface area contributed by atoms with E-state index in [2.05, 4.69) is 5.10 Å². The van der Waals surface area contributed by atoms with Crippen molar-refractivity contribution >= 4 is 5.69 Å². The van der Waals surface area contributed by atoms with Crippen LogP contribution in [0.15, 0.2) is 36.7 Å². The molecule has 2 rings (SSSR count). The molecule has 4 nitrogen and oxygen atoms in total. The van der Waals surface area contributed by atoms with Gasteiger partial charge in [-0.3, -0.25) is 4.68 Å². The molecular weight excluding hydrogens is 226 g/mol.